The Balaban J connectivity index is 1.72. The Morgan fingerprint density at radius 3 is 2.72 bits per heavy atom. The molecule has 0 aromatic rings. The Morgan fingerprint density at radius 1 is 1.11 bits per heavy atom. The third-order valence-electron chi connectivity index (χ3n) is 5.38. The molecule has 1 saturated carbocycles. The van der Waals surface area contributed by atoms with Gasteiger partial charge in [0.05, 0.1) is 6.04 Å². The molecule has 2 aliphatic heterocycles. The zero-order valence-electron chi connectivity index (χ0n) is 11.5. The highest BCUT2D eigenvalue weighted by Crippen LogP contribution is 2.39. The Hall–Kier alpha value is -0.570. The number of hydrogen-bond donors (Lipinski definition) is 1. The topological polar surface area (TPSA) is 32.3 Å². The van der Waals surface area contributed by atoms with E-state index in [0.717, 1.165) is 37.8 Å². The van der Waals surface area contributed by atoms with Crippen LogP contribution in [0.1, 0.15) is 51.9 Å². The molecule has 2 saturated heterocycles. The predicted octanol–water partition coefficient (Wildman–Crippen LogP) is 2.17. The maximum Gasteiger partial charge on any atom is 0.239 e. The number of piperidine rings is 1. The molecule has 3 nitrogen and oxygen atoms in total. The minimum absolute atomic E-state index is 0.126. The van der Waals surface area contributed by atoms with Crippen LogP contribution in [0.3, 0.4) is 0 Å². The van der Waals surface area contributed by atoms with E-state index in [4.69, 9.17) is 0 Å². The highest BCUT2D eigenvalue weighted by Gasteiger charge is 2.41. The molecule has 4 atom stereocenters. The highest BCUT2D eigenvalue weighted by molar-refractivity contribution is 5.82. The summed E-state index contributed by atoms with van der Waals surface area (Å²) in [4.78, 5) is 14.9. The molecule has 3 unspecified atom stereocenters. The van der Waals surface area contributed by atoms with Gasteiger partial charge in [-0.05, 0) is 50.5 Å². The van der Waals surface area contributed by atoms with Gasteiger partial charge in [-0.15, -0.1) is 0 Å². The number of rotatable bonds is 1. The molecule has 1 aliphatic carbocycles. The molecule has 0 aromatic heterocycles. The maximum atomic E-state index is 12.6. The number of carbonyl (C=O) groups excluding carboxylic acids is 1. The Kier molecular flexibility index (Phi) is 3.60. The lowest BCUT2D eigenvalue weighted by atomic mass is 9.72. The molecule has 102 valence electrons. The number of amides is 1. The van der Waals surface area contributed by atoms with E-state index in [1.54, 1.807) is 0 Å². The second-order valence-electron chi connectivity index (χ2n) is 6.46. The summed E-state index contributed by atoms with van der Waals surface area (Å²) in [6.07, 6.45) is 8.68. The molecule has 0 spiro atoms. The van der Waals surface area contributed by atoms with E-state index >= 15 is 0 Å². The van der Waals surface area contributed by atoms with Gasteiger partial charge in [0.1, 0.15) is 0 Å². The van der Waals surface area contributed by atoms with E-state index in [-0.39, 0.29) is 6.04 Å². The van der Waals surface area contributed by atoms with Crippen molar-refractivity contribution in [2.75, 3.05) is 13.1 Å². The zero-order valence-corrected chi connectivity index (χ0v) is 11.5. The van der Waals surface area contributed by atoms with E-state index in [9.17, 15) is 4.79 Å². The molecule has 1 N–H and O–H groups in total. The van der Waals surface area contributed by atoms with Gasteiger partial charge in [0.2, 0.25) is 5.91 Å². The Morgan fingerprint density at radius 2 is 1.94 bits per heavy atom. The second-order valence-corrected chi connectivity index (χ2v) is 6.46. The molecule has 2 heterocycles. The molecule has 18 heavy (non-hydrogen) atoms. The summed E-state index contributed by atoms with van der Waals surface area (Å²) in [6.45, 7) is 4.41. The van der Waals surface area contributed by atoms with Crippen molar-refractivity contribution in [1.29, 1.82) is 0 Å². The number of likely N-dealkylation sites (tertiary alicyclic amines) is 1. The van der Waals surface area contributed by atoms with E-state index < -0.39 is 0 Å². The van der Waals surface area contributed by atoms with Crippen LogP contribution in [0.5, 0.6) is 0 Å². The fraction of sp³-hybridized carbons (Fsp3) is 0.933. The van der Waals surface area contributed by atoms with Crippen LogP contribution in [-0.2, 0) is 4.79 Å². The maximum absolute atomic E-state index is 12.6. The Labute approximate surface area is 110 Å². The monoisotopic (exact) mass is 250 g/mol. The first kappa shape index (κ1) is 12.5. The molecule has 0 aromatic carbocycles. The fourth-order valence-corrected chi connectivity index (χ4v) is 4.28. The average molecular weight is 250 g/mol. The summed E-state index contributed by atoms with van der Waals surface area (Å²) in [5.74, 6) is 1.99. The number of fused-ring (bicyclic) bond motifs is 1. The Bertz CT molecular complexity index is 312. The fourth-order valence-electron chi connectivity index (χ4n) is 4.28. The van der Waals surface area contributed by atoms with E-state index in [1.165, 1.54) is 32.1 Å². The standard InChI is InChI=1S/C15H26N2O/c1-11-8-10-17(14-7-3-2-5-12(11)14)15(18)13-6-4-9-16-13/h11-14,16H,2-10H2,1H3/t11?,12?,13-,14?/m1/s1. The van der Waals surface area contributed by atoms with Crippen molar-refractivity contribution in [3.8, 4) is 0 Å². The molecule has 3 rings (SSSR count). The van der Waals surface area contributed by atoms with Crippen LogP contribution in [-0.4, -0.2) is 36.0 Å². The smallest absolute Gasteiger partial charge is 0.239 e. The third kappa shape index (κ3) is 2.18. The van der Waals surface area contributed by atoms with Crippen LogP contribution in [0.15, 0.2) is 0 Å². The van der Waals surface area contributed by atoms with Crippen molar-refractivity contribution in [2.45, 2.75) is 64.0 Å². The molecule has 0 radical (unpaired) electrons. The largest absolute Gasteiger partial charge is 0.338 e. The minimum atomic E-state index is 0.126. The van der Waals surface area contributed by atoms with Crippen molar-refractivity contribution in [3.05, 3.63) is 0 Å². The predicted molar refractivity (Wildman–Crippen MR) is 72.3 cm³/mol. The van der Waals surface area contributed by atoms with Crippen LogP contribution in [0.2, 0.25) is 0 Å². The summed E-state index contributed by atoms with van der Waals surface area (Å²) in [5.41, 5.74) is 0. The summed E-state index contributed by atoms with van der Waals surface area (Å²) in [5, 5.41) is 3.37. The van der Waals surface area contributed by atoms with Crippen molar-refractivity contribution < 1.29 is 4.79 Å². The van der Waals surface area contributed by atoms with Gasteiger partial charge in [0.15, 0.2) is 0 Å². The molecule has 1 amide bonds. The lowest BCUT2D eigenvalue weighted by Gasteiger charge is -2.48. The van der Waals surface area contributed by atoms with Gasteiger partial charge in [0.25, 0.3) is 0 Å². The lowest BCUT2D eigenvalue weighted by molar-refractivity contribution is -0.140. The van der Waals surface area contributed by atoms with Crippen molar-refractivity contribution in [2.24, 2.45) is 11.8 Å². The summed E-state index contributed by atoms with van der Waals surface area (Å²) in [7, 11) is 0. The van der Waals surface area contributed by atoms with Crippen LogP contribution in [0.25, 0.3) is 0 Å². The summed E-state index contributed by atoms with van der Waals surface area (Å²) in [6, 6.07) is 0.679. The van der Waals surface area contributed by atoms with E-state index in [0.29, 0.717) is 11.9 Å². The molecular formula is C15H26N2O. The van der Waals surface area contributed by atoms with E-state index in [1.807, 2.05) is 0 Å². The third-order valence-corrected chi connectivity index (χ3v) is 5.38. The highest BCUT2D eigenvalue weighted by atomic mass is 16.2. The van der Waals surface area contributed by atoms with Gasteiger partial charge >= 0.3 is 0 Å². The first-order valence-corrected chi connectivity index (χ1v) is 7.81. The van der Waals surface area contributed by atoms with E-state index in [2.05, 4.69) is 17.1 Å². The molecule has 3 fully saturated rings. The molecule has 0 bridgehead atoms. The van der Waals surface area contributed by atoms with Crippen LogP contribution in [0.4, 0.5) is 0 Å². The lowest BCUT2D eigenvalue weighted by Crippen LogP contribution is -2.56. The number of nitrogens with one attached hydrogen (secondary N) is 1. The van der Waals surface area contributed by atoms with Gasteiger partial charge in [-0.2, -0.15) is 0 Å². The number of carbonyl (C=O) groups is 1. The van der Waals surface area contributed by atoms with Gasteiger partial charge in [-0.1, -0.05) is 19.8 Å². The normalized spacial score (nSPS) is 40.6. The van der Waals surface area contributed by atoms with Crippen molar-refractivity contribution in [1.82, 2.24) is 10.2 Å². The van der Waals surface area contributed by atoms with Crippen LogP contribution >= 0.6 is 0 Å². The van der Waals surface area contributed by atoms with Crippen LogP contribution in [0, 0.1) is 11.8 Å². The molecule has 3 heteroatoms. The quantitative estimate of drug-likeness (QED) is 0.773. The molecule has 3 aliphatic rings. The van der Waals surface area contributed by atoms with Gasteiger partial charge in [-0.3, -0.25) is 4.79 Å². The van der Waals surface area contributed by atoms with Gasteiger partial charge in [-0.25, -0.2) is 0 Å². The summed E-state index contributed by atoms with van der Waals surface area (Å²) >= 11 is 0. The number of hydrogen-bond acceptors (Lipinski definition) is 2. The van der Waals surface area contributed by atoms with Crippen molar-refractivity contribution >= 4 is 5.91 Å². The average Bonchev–Trinajstić information content (AvgIpc) is 2.93. The van der Waals surface area contributed by atoms with Gasteiger partial charge in [0, 0.05) is 12.6 Å². The van der Waals surface area contributed by atoms with Crippen LogP contribution < -0.4 is 5.32 Å². The molecular weight excluding hydrogens is 224 g/mol. The zero-order chi connectivity index (χ0) is 12.5. The van der Waals surface area contributed by atoms with Gasteiger partial charge < -0.3 is 10.2 Å². The minimum Gasteiger partial charge on any atom is -0.338 e. The SMILES string of the molecule is CC1CCN(C(=O)[C@H]2CCCN2)C2CCCCC12. The number of nitrogens with zero attached hydrogens (tertiary/aromatic N) is 1. The summed E-state index contributed by atoms with van der Waals surface area (Å²) < 4.78 is 0. The van der Waals surface area contributed by atoms with Crippen molar-refractivity contribution in [3.63, 3.8) is 0 Å². The first-order chi connectivity index (χ1) is 8.77. The first-order valence-electron chi connectivity index (χ1n) is 7.81. The second kappa shape index (κ2) is 5.20.